The Balaban J connectivity index is 3.12. The molecule has 0 saturated heterocycles. The Kier molecular flexibility index (Phi) is 3.58. The lowest BCUT2D eigenvalue weighted by Gasteiger charge is -2.28. The monoisotopic (exact) mass is 233 g/mol. The number of hydrogen-bond acceptors (Lipinski definition) is 4. The lowest BCUT2D eigenvalue weighted by atomic mass is 10.0. The van der Waals surface area contributed by atoms with Gasteiger partial charge in [0.25, 0.3) is 0 Å². The summed E-state index contributed by atoms with van der Waals surface area (Å²) in [5.41, 5.74) is 6.27. The van der Waals surface area contributed by atoms with Gasteiger partial charge in [0.1, 0.15) is 4.75 Å². The molecule has 0 heterocycles. The summed E-state index contributed by atoms with van der Waals surface area (Å²) < 4.78 is 23.0. The Hall–Kier alpha value is -0.390. The van der Waals surface area contributed by atoms with Crippen molar-refractivity contribution >= 4 is 9.84 Å². The first-order valence-corrected chi connectivity index (χ1v) is 6.80. The van der Waals surface area contributed by atoms with Crippen molar-refractivity contribution in [1.29, 1.82) is 0 Å². The lowest BCUT2D eigenvalue weighted by molar-refractivity contribution is 0.228. The minimum absolute atomic E-state index is 0.00000425. The van der Waals surface area contributed by atoms with Crippen molar-refractivity contribution in [1.82, 2.24) is 0 Å². The van der Waals surface area contributed by atoms with Gasteiger partial charge < -0.3 is 10.8 Å². The molecular formula is C10H19NO3S. The molecule has 0 aliphatic heterocycles. The number of aliphatic hydroxyl groups is 1. The average molecular weight is 233 g/mol. The molecular weight excluding hydrogens is 214 g/mol. The summed E-state index contributed by atoms with van der Waals surface area (Å²) in [6.07, 6.45) is 0.974. The molecule has 5 heteroatoms. The van der Waals surface area contributed by atoms with Gasteiger partial charge in [-0.2, -0.15) is 0 Å². The average Bonchev–Trinajstić information content (AvgIpc) is 2.56. The highest BCUT2D eigenvalue weighted by Gasteiger charge is 2.49. The lowest BCUT2D eigenvalue weighted by Crippen LogP contribution is -2.45. The van der Waals surface area contributed by atoms with Crippen LogP contribution in [0.3, 0.4) is 0 Å². The van der Waals surface area contributed by atoms with Crippen molar-refractivity contribution in [3.8, 4) is 0 Å². The van der Waals surface area contributed by atoms with Crippen LogP contribution in [0, 0.1) is 5.92 Å². The summed E-state index contributed by atoms with van der Waals surface area (Å²) in [4.78, 5) is 0. The number of aliphatic hydroxyl groups excluding tert-OH is 1. The molecule has 0 amide bonds. The molecule has 1 saturated carbocycles. The van der Waals surface area contributed by atoms with Crippen LogP contribution < -0.4 is 5.73 Å². The Labute approximate surface area is 91.1 Å². The van der Waals surface area contributed by atoms with Gasteiger partial charge in [0.05, 0.1) is 0 Å². The molecule has 4 nitrogen and oxygen atoms in total. The largest absolute Gasteiger partial charge is 0.396 e. The molecule has 1 fully saturated rings. The molecule has 0 bridgehead atoms. The van der Waals surface area contributed by atoms with E-state index in [1.54, 1.807) is 6.92 Å². The van der Waals surface area contributed by atoms with E-state index in [4.69, 9.17) is 10.8 Å². The van der Waals surface area contributed by atoms with Gasteiger partial charge in [-0.3, -0.25) is 0 Å². The molecule has 0 aromatic heterocycles. The summed E-state index contributed by atoms with van der Waals surface area (Å²) in [6, 6.07) is 0. The minimum Gasteiger partial charge on any atom is -0.396 e. The van der Waals surface area contributed by atoms with Crippen LogP contribution in [-0.4, -0.2) is 37.2 Å². The van der Waals surface area contributed by atoms with E-state index >= 15 is 0 Å². The number of rotatable bonds is 4. The number of hydrogen-bond donors (Lipinski definition) is 2. The van der Waals surface area contributed by atoms with Crippen molar-refractivity contribution in [2.75, 3.05) is 18.9 Å². The van der Waals surface area contributed by atoms with E-state index in [2.05, 4.69) is 6.58 Å². The summed E-state index contributed by atoms with van der Waals surface area (Å²) in [5.74, 6) is 0.0591. The second kappa shape index (κ2) is 4.23. The summed E-state index contributed by atoms with van der Waals surface area (Å²) in [5, 5.41) is 9.07. The third-order valence-electron chi connectivity index (χ3n) is 3.36. The van der Waals surface area contributed by atoms with Crippen LogP contribution in [0.15, 0.2) is 12.2 Å². The maximum atomic E-state index is 12.0. The number of sulfone groups is 1. The van der Waals surface area contributed by atoms with E-state index in [0.717, 1.165) is 0 Å². The van der Waals surface area contributed by atoms with Crippen molar-refractivity contribution in [2.24, 2.45) is 11.7 Å². The van der Waals surface area contributed by atoms with E-state index in [9.17, 15) is 8.42 Å². The van der Waals surface area contributed by atoms with Crippen LogP contribution in [0.4, 0.5) is 0 Å². The first-order chi connectivity index (χ1) is 6.93. The summed E-state index contributed by atoms with van der Waals surface area (Å²) in [6.45, 7) is 5.51. The molecule has 0 aromatic rings. The molecule has 0 spiro atoms. The van der Waals surface area contributed by atoms with Crippen LogP contribution in [0.25, 0.3) is 0 Å². The predicted molar refractivity (Wildman–Crippen MR) is 60.2 cm³/mol. The maximum absolute atomic E-state index is 12.0. The fourth-order valence-electron chi connectivity index (χ4n) is 2.32. The summed E-state index contributed by atoms with van der Waals surface area (Å²) >= 11 is 0. The van der Waals surface area contributed by atoms with Gasteiger partial charge in [-0.25, -0.2) is 8.42 Å². The fraction of sp³-hybridized carbons (Fsp3) is 0.800. The molecule has 0 radical (unpaired) electrons. The maximum Gasteiger partial charge on any atom is 0.160 e. The predicted octanol–water partition coefficient (Wildman–Crippen LogP) is 0.0771. The highest BCUT2D eigenvalue weighted by atomic mass is 32.2. The Morgan fingerprint density at radius 1 is 1.67 bits per heavy atom. The molecule has 0 unspecified atom stereocenters. The first-order valence-electron chi connectivity index (χ1n) is 5.15. The van der Waals surface area contributed by atoms with Gasteiger partial charge in [0.2, 0.25) is 0 Å². The molecule has 3 N–H and O–H groups in total. The standard InChI is InChI=1S/C10H19NO3S/c1-3-15(13,14)10(7-11)5-9(6-12)4-8(10)2/h9,12H,2-7,11H2,1H3/t9-,10-/m0/s1. The Morgan fingerprint density at radius 3 is 2.60 bits per heavy atom. The minimum atomic E-state index is -3.24. The van der Waals surface area contributed by atoms with Gasteiger partial charge >= 0.3 is 0 Å². The van der Waals surface area contributed by atoms with Crippen LogP contribution in [0.2, 0.25) is 0 Å². The van der Waals surface area contributed by atoms with E-state index in [-0.39, 0.29) is 24.8 Å². The quantitative estimate of drug-likeness (QED) is 0.674. The topological polar surface area (TPSA) is 80.4 Å². The fourth-order valence-corrected chi connectivity index (χ4v) is 4.14. The molecule has 2 atom stereocenters. The zero-order chi connectivity index (χ0) is 11.7. The van der Waals surface area contributed by atoms with Crippen molar-refractivity contribution in [2.45, 2.75) is 24.5 Å². The molecule has 1 rings (SSSR count). The van der Waals surface area contributed by atoms with E-state index in [1.165, 1.54) is 0 Å². The Bertz CT molecular complexity index is 350. The van der Waals surface area contributed by atoms with Gasteiger partial charge in [0, 0.05) is 18.9 Å². The van der Waals surface area contributed by atoms with Crippen molar-refractivity contribution in [3.05, 3.63) is 12.2 Å². The second-order valence-electron chi connectivity index (χ2n) is 4.16. The van der Waals surface area contributed by atoms with E-state index in [1.807, 2.05) is 0 Å². The van der Waals surface area contributed by atoms with Gasteiger partial charge in [0.15, 0.2) is 9.84 Å². The summed E-state index contributed by atoms with van der Waals surface area (Å²) in [7, 11) is -3.24. The third-order valence-corrected chi connectivity index (χ3v) is 5.93. The zero-order valence-electron chi connectivity index (χ0n) is 9.07. The van der Waals surface area contributed by atoms with Crippen molar-refractivity contribution in [3.63, 3.8) is 0 Å². The highest BCUT2D eigenvalue weighted by molar-refractivity contribution is 7.93. The van der Waals surface area contributed by atoms with Crippen molar-refractivity contribution < 1.29 is 13.5 Å². The zero-order valence-corrected chi connectivity index (χ0v) is 9.89. The third kappa shape index (κ3) is 1.84. The first kappa shape index (κ1) is 12.7. The van der Waals surface area contributed by atoms with Gasteiger partial charge in [-0.1, -0.05) is 19.1 Å². The van der Waals surface area contributed by atoms with E-state index in [0.29, 0.717) is 18.4 Å². The van der Waals surface area contributed by atoms with Crippen LogP contribution >= 0.6 is 0 Å². The van der Waals surface area contributed by atoms with Crippen LogP contribution in [-0.2, 0) is 9.84 Å². The molecule has 1 aliphatic carbocycles. The van der Waals surface area contributed by atoms with E-state index < -0.39 is 14.6 Å². The van der Waals surface area contributed by atoms with Crippen LogP contribution in [0.5, 0.6) is 0 Å². The number of nitrogens with two attached hydrogens (primary N) is 1. The molecule has 0 aromatic carbocycles. The normalized spacial score (nSPS) is 32.2. The SMILES string of the molecule is C=C1C[C@H](CO)C[C@@]1(CN)S(=O)(=O)CC. The van der Waals surface area contributed by atoms with Gasteiger partial charge in [-0.05, 0) is 18.8 Å². The molecule has 1 aliphatic rings. The molecule has 88 valence electrons. The second-order valence-corrected chi connectivity index (χ2v) is 6.75. The van der Waals surface area contributed by atoms with Crippen LogP contribution in [0.1, 0.15) is 19.8 Å². The smallest absolute Gasteiger partial charge is 0.160 e. The molecule has 15 heavy (non-hydrogen) atoms. The van der Waals surface area contributed by atoms with Gasteiger partial charge in [-0.15, -0.1) is 0 Å². The highest BCUT2D eigenvalue weighted by Crippen LogP contribution is 2.43. The Morgan fingerprint density at radius 2 is 2.27 bits per heavy atom.